The summed E-state index contributed by atoms with van der Waals surface area (Å²) in [5.74, 6) is 0.993. The molecule has 0 aromatic heterocycles. The van der Waals surface area contributed by atoms with E-state index in [4.69, 9.17) is 4.74 Å². The Morgan fingerprint density at radius 1 is 1.36 bits per heavy atom. The van der Waals surface area contributed by atoms with Crippen LogP contribution in [0.4, 0.5) is 0 Å². The maximum atomic E-state index is 5.71. The molecule has 1 N–H and O–H groups in total. The summed E-state index contributed by atoms with van der Waals surface area (Å²) < 4.78 is 5.71. The fraction of sp³-hybridized carbons (Fsp3) is 0.500. The summed E-state index contributed by atoms with van der Waals surface area (Å²) in [4.78, 5) is 0. The lowest BCUT2D eigenvalue weighted by Gasteiger charge is -2.14. The molecule has 0 aliphatic carbocycles. The topological polar surface area (TPSA) is 21.3 Å². The molecule has 2 nitrogen and oxygen atoms in total. The van der Waals surface area contributed by atoms with Crippen LogP contribution in [0, 0.1) is 13.8 Å². The first-order valence-electron chi connectivity index (χ1n) is 5.01. The molecule has 0 aliphatic rings. The van der Waals surface area contributed by atoms with Crippen LogP contribution in [-0.2, 0) is 0 Å². The minimum atomic E-state index is 0.384. The van der Waals surface area contributed by atoms with Crippen molar-refractivity contribution in [1.29, 1.82) is 0 Å². The highest BCUT2D eigenvalue weighted by molar-refractivity contribution is 5.35. The number of likely N-dealkylation sites (N-methyl/N-ethyl adjacent to an activating group) is 1. The molecule has 0 saturated heterocycles. The first kappa shape index (κ1) is 11.1. The van der Waals surface area contributed by atoms with Gasteiger partial charge in [-0.2, -0.15) is 0 Å². The number of rotatable bonds is 4. The van der Waals surface area contributed by atoms with Crippen molar-refractivity contribution in [2.24, 2.45) is 0 Å². The number of hydrogen-bond acceptors (Lipinski definition) is 2. The van der Waals surface area contributed by atoms with Crippen molar-refractivity contribution >= 4 is 0 Å². The van der Waals surface area contributed by atoms with Gasteiger partial charge in [-0.25, -0.2) is 0 Å². The fourth-order valence-electron chi connectivity index (χ4n) is 1.16. The van der Waals surface area contributed by atoms with Gasteiger partial charge in [0.15, 0.2) is 0 Å². The molecule has 0 radical (unpaired) electrons. The molecule has 1 atom stereocenters. The number of ether oxygens (including phenoxy) is 1. The molecule has 1 rings (SSSR count). The summed E-state index contributed by atoms with van der Waals surface area (Å²) in [5.41, 5.74) is 2.43. The van der Waals surface area contributed by atoms with Gasteiger partial charge in [0, 0.05) is 6.04 Å². The first-order chi connectivity index (χ1) is 6.63. The summed E-state index contributed by atoms with van der Waals surface area (Å²) in [6, 6.07) is 6.66. The van der Waals surface area contributed by atoms with Crippen LogP contribution >= 0.6 is 0 Å². The predicted molar refractivity (Wildman–Crippen MR) is 59.9 cm³/mol. The average molecular weight is 193 g/mol. The molecule has 14 heavy (non-hydrogen) atoms. The van der Waals surface area contributed by atoms with Gasteiger partial charge in [0.25, 0.3) is 0 Å². The van der Waals surface area contributed by atoms with Gasteiger partial charge >= 0.3 is 0 Å². The average Bonchev–Trinajstić information content (AvgIpc) is 2.19. The summed E-state index contributed by atoms with van der Waals surface area (Å²) in [7, 11) is 1.94. The monoisotopic (exact) mass is 193 g/mol. The van der Waals surface area contributed by atoms with Gasteiger partial charge in [-0.05, 0) is 45.0 Å². The van der Waals surface area contributed by atoms with Crippen LogP contribution in [0.2, 0.25) is 0 Å². The molecule has 78 valence electrons. The lowest BCUT2D eigenvalue weighted by atomic mass is 10.1. The van der Waals surface area contributed by atoms with Gasteiger partial charge in [-0.1, -0.05) is 12.1 Å². The van der Waals surface area contributed by atoms with Crippen LogP contribution in [0.5, 0.6) is 5.75 Å². The molecule has 0 saturated carbocycles. The van der Waals surface area contributed by atoms with Crippen LogP contribution in [0.15, 0.2) is 18.2 Å². The first-order valence-corrected chi connectivity index (χ1v) is 5.01. The van der Waals surface area contributed by atoms with Crippen LogP contribution < -0.4 is 10.1 Å². The van der Waals surface area contributed by atoms with E-state index in [0.29, 0.717) is 12.6 Å². The second-order valence-electron chi connectivity index (χ2n) is 3.77. The van der Waals surface area contributed by atoms with E-state index in [1.807, 2.05) is 7.05 Å². The Hall–Kier alpha value is -1.02. The molecular weight excluding hydrogens is 174 g/mol. The largest absolute Gasteiger partial charge is 0.492 e. The van der Waals surface area contributed by atoms with Crippen LogP contribution in [0.3, 0.4) is 0 Å². The third-order valence-electron chi connectivity index (χ3n) is 2.33. The lowest BCUT2D eigenvalue weighted by molar-refractivity contribution is 0.278. The van der Waals surface area contributed by atoms with Crippen LogP contribution in [0.1, 0.15) is 18.1 Å². The van der Waals surface area contributed by atoms with E-state index in [1.165, 1.54) is 11.1 Å². The molecular formula is C12H19NO. The second kappa shape index (κ2) is 5.01. The minimum Gasteiger partial charge on any atom is -0.492 e. The zero-order chi connectivity index (χ0) is 10.6. The normalized spacial score (nSPS) is 12.6. The van der Waals surface area contributed by atoms with Gasteiger partial charge in [-0.3, -0.25) is 0 Å². The van der Waals surface area contributed by atoms with E-state index in [0.717, 1.165) is 5.75 Å². The molecule has 0 fully saturated rings. The fourth-order valence-corrected chi connectivity index (χ4v) is 1.16. The zero-order valence-electron chi connectivity index (χ0n) is 9.42. The molecule has 2 heteroatoms. The number of benzene rings is 1. The van der Waals surface area contributed by atoms with E-state index < -0.39 is 0 Å². The third kappa shape index (κ3) is 3.04. The number of hydrogen-bond donors (Lipinski definition) is 1. The maximum absolute atomic E-state index is 5.71. The molecule has 0 aliphatic heterocycles. The molecule has 1 aromatic carbocycles. The summed E-state index contributed by atoms with van der Waals surface area (Å²) in [6.07, 6.45) is 0. The van der Waals surface area contributed by atoms with Crippen molar-refractivity contribution in [3.05, 3.63) is 29.3 Å². The van der Waals surface area contributed by atoms with E-state index >= 15 is 0 Å². The summed E-state index contributed by atoms with van der Waals surface area (Å²) in [6.45, 7) is 6.96. The molecule has 1 aromatic rings. The lowest BCUT2D eigenvalue weighted by Crippen LogP contribution is -2.28. The van der Waals surface area contributed by atoms with Crippen LogP contribution in [-0.4, -0.2) is 19.7 Å². The smallest absolute Gasteiger partial charge is 0.122 e. The van der Waals surface area contributed by atoms with Gasteiger partial charge in [0.1, 0.15) is 12.4 Å². The Balaban J connectivity index is 2.62. The van der Waals surface area contributed by atoms with Crippen molar-refractivity contribution in [2.75, 3.05) is 13.7 Å². The van der Waals surface area contributed by atoms with Crippen molar-refractivity contribution in [1.82, 2.24) is 5.32 Å². The standard InChI is InChI=1S/C12H19NO/c1-9-5-6-10(2)12(7-9)14-8-11(3)13-4/h5-7,11,13H,8H2,1-4H3. The molecule has 0 amide bonds. The van der Waals surface area contributed by atoms with Gasteiger partial charge < -0.3 is 10.1 Å². The molecule has 1 unspecified atom stereocenters. The highest BCUT2D eigenvalue weighted by Crippen LogP contribution is 2.18. The number of aryl methyl sites for hydroxylation is 2. The van der Waals surface area contributed by atoms with E-state index in [-0.39, 0.29) is 0 Å². The van der Waals surface area contributed by atoms with Crippen molar-refractivity contribution in [3.63, 3.8) is 0 Å². The SMILES string of the molecule is CNC(C)COc1cc(C)ccc1C. The van der Waals surface area contributed by atoms with Gasteiger partial charge in [0.2, 0.25) is 0 Å². The Kier molecular flexibility index (Phi) is 3.96. The van der Waals surface area contributed by atoms with E-state index in [2.05, 4.69) is 44.3 Å². The Morgan fingerprint density at radius 2 is 2.07 bits per heavy atom. The van der Waals surface area contributed by atoms with Gasteiger partial charge in [0.05, 0.1) is 0 Å². The summed E-state index contributed by atoms with van der Waals surface area (Å²) >= 11 is 0. The third-order valence-corrected chi connectivity index (χ3v) is 2.33. The van der Waals surface area contributed by atoms with Crippen molar-refractivity contribution < 1.29 is 4.74 Å². The van der Waals surface area contributed by atoms with Gasteiger partial charge in [-0.15, -0.1) is 0 Å². The molecule has 0 heterocycles. The van der Waals surface area contributed by atoms with Crippen LogP contribution in [0.25, 0.3) is 0 Å². The highest BCUT2D eigenvalue weighted by atomic mass is 16.5. The quantitative estimate of drug-likeness (QED) is 0.792. The predicted octanol–water partition coefficient (Wildman–Crippen LogP) is 2.29. The minimum absolute atomic E-state index is 0.384. The maximum Gasteiger partial charge on any atom is 0.122 e. The summed E-state index contributed by atoms with van der Waals surface area (Å²) in [5, 5.41) is 3.14. The second-order valence-corrected chi connectivity index (χ2v) is 3.77. The highest BCUT2D eigenvalue weighted by Gasteiger charge is 2.02. The van der Waals surface area contributed by atoms with E-state index in [1.54, 1.807) is 0 Å². The van der Waals surface area contributed by atoms with Crippen molar-refractivity contribution in [2.45, 2.75) is 26.8 Å². The zero-order valence-corrected chi connectivity index (χ0v) is 9.42. The van der Waals surface area contributed by atoms with Crippen molar-refractivity contribution in [3.8, 4) is 5.75 Å². The molecule has 0 bridgehead atoms. The Bertz CT molecular complexity index is 296. The van der Waals surface area contributed by atoms with E-state index in [9.17, 15) is 0 Å². The Morgan fingerprint density at radius 3 is 2.71 bits per heavy atom. The molecule has 0 spiro atoms. The Labute approximate surface area is 86.3 Å². The number of nitrogens with one attached hydrogen (secondary N) is 1.